The molecule has 4 aromatic carbocycles. The number of carbonyl (C=O) groups is 6. The number of methoxy groups -OCH3 is 2. The second-order valence-corrected chi connectivity index (χ2v) is 21.2. The van der Waals surface area contributed by atoms with Gasteiger partial charge in [0.05, 0.1) is 83.8 Å². The summed E-state index contributed by atoms with van der Waals surface area (Å²) in [5.41, 5.74) is 7.16. The molecule has 0 aliphatic carbocycles. The van der Waals surface area contributed by atoms with Gasteiger partial charge in [-0.2, -0.15) is 10.5 Å². The van der Waals surface area contributed by atoms with E-state index in [2.05, 4.69) is 29.6 Å². The van der Waals surface area contributed by atoms with Crippen molar-refractivity contribution >= 4 is 35.8 Å². The zero-order valence-electron chi connectivity index (χ0n) is 52.5. The van der Waals surface area contributed by atoms with Crippen LogP contribution in [0.15, 0.2) is 109 Å². The number of rotatable bonds is 36. The van der Waals surface area contributed by atoms with Gasteiger partial charge >= 0.3 is 35.8 Å². The first-order chi connectivity index (χ1) is 42.5. The van der Waals surface area contributed by atoms with E-state index >= 15 is 0 Å². The number of nitrogens with zero attached hydrogens (tertiary/aromatic N) is 2. The molecule has 0 bridgehead atoms. The molecule has 18 nitrogen and oxygen atoms in total. The number of unbranched alkanes of at least 4 members (excludes halogenated alkanes) is 12. The number of ether oxygens (including phenoxy) is 10. The van der Waals surface area contributed by atoms with Crippen LogP contribution in [0.2, 0.25) is 0 Å². The first-order valence-electron chi connectivity index (χ1n) is 30.3. The van der Waals surface area contributed by atoms with Crippen LogP contribution in [0, 0.1) is 36.5 Å². The van der Waals surface area contributed by atoms with Gasteiger partial charge in [-0.3, -0.25) is 0 Å². The van der Waals surface area contributed by atoms with Crippen molar-refractivity contribution in [1.29, 1.82) is 10.5 Å². The third kappa shape index (κ3) is 32.4. The summed E-state index contributed by atoms with van der Waals surface area (Å²) in [5, 5.41) is 18.3. The fourth-order valence-electron chi connectivity index (χ4n) is 8.08. The molecule has 6 rings (SSSR count). The second kappa shape index (κ2) is 44.2. The quantitative estimate of drug-likeness (QED) is 0.0135. The van der Waals surface area contributed by atoms with Gasteiger partial charge in [0.2, 0.25) is 0 Å². The summed E-state index contributed by atoms with van der Waals surface area (Å²) < 4.78 is 50.4. The highest BCUT2D eigenvalue weighted by Gasteiger charge is 2.33. The van der Waals surface area contributed by atoms with E-state index in [4.69, 9.17) is 43.2 Å². The number of epoxide rings is 2. The number of benzene rings is 4. The van der Waals surface area contributed by atoms with Gasteiger partial charge in [0.1, 0.15) is 29.2 Å². The molecule has 2 atom stereocenters. The van der Waals surface area contributed by atoms with Gasteiger partial charge in [-0.25, -0.2) is 28.8 Å². The fourth-order valence-corrected chi connectivity index (χ4v) is 8.08. The molecule has 2 aliphatic rings. The maximum Gasteiger partial charge on any atom is 0.337 e. The van der Waals surface area contributed by atoms with Crippen LogP contribution < -0.4 is 9.47 Å². The van der Waals surface area contributed by atoms with E-state index in [1.54, 1.807) is 57.2 Å². The molecule has 18 heteroatoms. The Hall–Kier alpha value is -8.32. The number of hydrogen-bond donors (Lipinski definition) is 0. The molecule has 0 saturated carbocycles. The molecule has 0 aromatic heterocycles. The Morgan fingerprint density at radius 3 is 1.22 bits per heavy atom. The first kappa shape index (κ1) is 73.9. The normalized spacial score (nSPS) is 13.0. The Bertz CT molecular complexity index is 2860. The number of nitriles is 2. The average Bonchev–Trinajstić information content (AvgIpc) is 4.63. The zero-order chi connectivity index (χ0) is 64.3. The first-order valence-corrected chi connectivity index (χ1v) is 30.3. The highest BCUT2D eigenvalue weighted by atomic mass is 16.6. The Morgan fingerprint density at radius 2 is 0.830 bits per heavy atom. The van der Waals surface area contributed by atoms with Crippen LogP contribution >= 0.6 is 0 Å². The van der Waals surface area contributed by atoms with Crippen molar-refractivity contribution in [2.75, 3.05) is 67.1 Å². The second-order valence-electron chi connectivity index (χ2n) is 21.2. The molecule has 0 radical (unpaired) electrons. The molecular formula is C70H90N2O16. The minimum Gasteiger partial charge on any atom is -0.494 e. The van der Waals surface area contributed by atoms with Crippen LogP contribution in [-0.4, -0.2) is 115 Å². The minimum absolute atomic E-state index is 0.222. The Morgan fingerprint density at radius 1 is 0.466 bits per heavy atom. The monoisotopic (exact) mass is 1210 g/mol. The fraction of sp³-hybridized carbons (Fsp3) is 0.486. The van der Waals surface area contributed by atoms with Crippen LogP contribution in [0.3, 0.4) is 0 Å². The lowest BCUT2D eigenvalue weighted by atomic mass is 10.0. The smallest absolute Gasteiger partial charge is 0.337 e. The molecule has 2 unspecified atom stereocenters. The zero-order valence-corrected chi connectivity index (χ0v) is 52.5. The predicted molar refractivity (Wildman–Crippen MR) is 333 cm³/mol. The van der Waals surface area contributed by atoms with Crippen LogP contribution in [0.25, 0.3) is 0 Å². The van der Waals surface area contributed by atoms with Crippen molar-refractivity contribution in [2.45, 2.75) is 155 Å². The summed E-state index contributed by atoms with van der Waals surface area (Å²) >= 11 is 0. The van der Waals surface area contributed by atoms with Gasteiger partial charge in [-0.1, -0.05) is 99.7 Å². The highest BCUT2D eigenvalue weighted by Crippen LogP contribution is 2.25. The summed E-state index contributed by atoms with van der Waals surface area (Å²) in [4.78, 5) is 67.3. The molecule has 0 N–H and O–H groups in total. The van der Waals surface area contributed by atoms with E-state index in [9.17, 15) is 34.0 Å². The van der Waals surface area contributed by atoms with Crippen molar-refractivity contribution in [1.82, 2.24) is 0 Å². The lowest BCUT2D eigenvalue weighted by Crippen LogP contribution is -2.12. The molecule has 2 heterocycles. The molecule has 0 spiro atoms. The standard InChI is InChI=1S/C19H26O4.C18H24O5.C17H18N2O4.C16H22O3/c1-15(2)18(20)23-14-8-6-4-5-7-9-16-10-12-17(13-11-16)19(21)22-3;1-21-17(19)15-10-8-14(9-11-15)7-5-3-2-4-6-12-22-18(20)16-13-23-16;1-12-5-6-15(14(10-19)13(12)9-18)21-7-3-2-4-8-22-17(20)16-11-23-16;1-13(2)16(17)19-12-6-4-5-11-18-15-9-7-14(3)8-10-15/h10-13H,1,4-9,14H2,2-3H3;8-11,16H,2-7,12-13H2,1H3;5-6,16H,2-4,7-8,11H2,1H3;7-10H,1,4-6,11-12H2,2-3H3. The Kier molecular flexibility index (Phi) is 37.1. The summed E-state index contributed by atoms with van der Waals surface area (Å²) in [5.74, 6) is -0.388. The summed E-state index contributed by atoms with van der Waals surface area (Å²) in [7, 11) is 2.77. The van der Waals surface area contributed by atoms with E-state index in [1.165, 1.54) is 30.9 Å². The van der Waals surface area contributed by atoms with Gasteiger partial charge in [0, 0.05) is 11.1 Å². The minimum atomic E-state index is -0.349. The maximum absolute atomic E-state index is 11.3. The Labute approximate surface area is 520 Å². The van der Waals surface area contributed by atoms with Gasteiger partial charge in [-0.05, 0) is 164 Å². The van der Waals surface area contributed by atoms with E-state index < -0.39 is 0 Å². The molecule has 2 saturated heterocycles. The van der Waals surface area contributed by atoms with Gasteiger partial charge in [-0.15, -0.1) is 0 Å². The molecule has 2 aliphatic heterocycles. The van der Waals surface area contributed by atoms with E-state index in [1.807, 2.05) is 60.7 Å². The number of hydrogen-bond acceptors (Lipinski definition) is 18. The number of carbonyl (C=O) groups excluding carboxylic acids is 6. The van der Waals surface area contributed by atoms with Crippen LogP contribution in [0.1, 0.15) is 171 Å². The summed E-state index contributed by atoms with van der Waals surface area (Å²) in [6.07, 6.45) is 17.3. The molecule has 4 aromatic rings. The third-order valence-electron chi connectivity index (χ3n) is 13.5. The third-order valence-corrected chi connectivity index (χ3v) is 13.5. The van der Waals surface area contributed by atoms with Crippen molar-refractivity contribution in [3.63, 3.8) is 0 Å². The molecular weight excluding hydrogens is 1120 g/mol. The van der Waals surface area contributed by atoms with E-state index in [0.717, 1.165) is 127 Å². The van der Waals surface area contributed by atoms with Gasteiger partial charge < -0.3 is 47.4 Å². The molecule has 0 amide bonds. The van der Waals surface area contributed by atoms with Crippen molar-refractivity contribution in [3.05, 3.63) is 154 Å². The summed E-state index contributed by atoms with van der Waals surface area (Å²) in [6, 6.07) is 30.7. The van der Waals surface area contributed by atoms with Crippen LogP contribution in [-0.2, 0) is 69.9 Å². The lowest BCUT2D eigenvalue weighted by Gasteiger charge is -2.10. The van der Waals surface area contributed by atoms with E-state index in [0.29, 0.717) is 86.4 Å². The lowest BCUT2D eigenvalue weighted by molar-refractivity contribution is -0.146. The SMILES string of the molecule is C=C(C)C(=O)OCCCCCCCc1ccc(C(=O)OC)cc1.C=C(C)C(=O)OCCCCCOc1ccc(C)cc1.COC(=O)c1ccc(CCCCCCCOC(=O)C2CO2)cc1.Cc1ccc(OCCCCCOC(=O)C2CO2)c(C#N)c1C#N. The van der Waals surface area contributed by atoms with Gasteiger partial charge in [0.15, 0.2) is 12.2 Å². The van der Waals surface area contributed by atoms with Gasteiger partial charge in [0.25, 0.3) is 0 Å². The molecule has 2 fully saturated rings. The highest BCUT2D eigenvalue weighted by molar-refractivity contribution is 5.90. The molecule has 476 valence electrons. The molecule has 88 heavy (non-hydrogen) atoms. The topological polar surface area (TPSA) is 249 Å². The van der Waals surface area contributed by atoms with Crippen molar-refractivity contribution in [2.24, 2.45) is 0 Å². The average molecular weight is 1220 g/mol. The van der Waals surface area contributed by atoms with Crippen LogP contribution in [0.4, 0.5) is 0 Å². The number of esters is 6. The van der Waals surface area contributed by atoms with E-state index in [-0.39, 0.29) is 53.6 Å². The predicted octanol–water partition coefficient (Wildman–Crippen LogP) is 12.9. The Balaban J connectivity index is 0.000000308. The number of aryl methyl sites for hydroxylation is 4. The maximum atomic E-state index is 11.3. The van der Waals surface area contributed by atoms with Crippen LogP contribution in [0.5, 0.6) is 11.5 Å². The summed E-state index contributed by atoms with van der Waals surface area (Å²) in [6.45, 7) is 18.1. The largest absolute Gasteiger partial charge is 0.494 e. The van der Waals surface area contributed by atoms with Crippen molar-refractivity contribution in [3.8, 4) is 23.6 Å². The van der Waals surface area contributed by atoms with Crippen molar-refractivity contribution < 1.29 is 76.1 Å².